The van der Waals surface area contributed by atoms with Gasteiger partial charge in [-0.1, -0.05) is 19.8 Å². The van der Waals surface area contributed by atoms with E-state index in [-0.39, 0.29) is 0 Å². The van der Waals surface area contributed by atoms with E-state index in [0.717, 1.165) is 25.6 Å². The molecule has 112 valence electrons. The number of carboxylic acids is 1. The Labute approximate surface area is 117 Å². The van der Waals surface area contributed by atoms with Crippen LogP contribution in [-0.2, 0) is 9.53 Å². The van der Waals surface area contributed by atoms with Crippen LogP contribution in [0.2, 0.25) is 0 Å². The largest absolute Gasteiger partial charge is 0.479 e. The highest BCUT2D eigenvalue weighted by atomic mass is 16.5. The lowest BCUT2D eigenvalue weighted by Gasteiger charge is -2.22. The second-order valence-electron chi connectivity index (χ2n) is 5.50. The molecule has 2 unspecified atom stereocenters. The molecule has 1 fully saturated rings. The average Bonchev–Trinajstić information content (AvgIpc) is 2.60. The molecular weight excluding hydrogens is 242 g/mol. The fourth-order valence-corrected chi connectivity index (χ4v) is 2.92. The summed E-state index contributed by atoms with van der Waals surface area (Å²) in [5.74, 6) is 0.0395. The van der Waals surface area contributed by atoms with E-state index in [4.69, 9.17) is 9.84 Å². The zero-order valence-electron chi connectivity index (χ0n) is 12.4. The lowest BCUT2D eigenvalue weighted by Crippen LogP contribution is -2.32. The molecular formula is C15H29NO3. The average molecular weight is 271 g/mol. The summed E-state index contributed by atoms with van der Waals surface area (Å²) in [5.41, 5.74) is 0. The van der Waals surface area contributed by atoms with Crippen LogP contribution >= 0.6 is 0 Å². The van der Waals surface area contributed by atoms with E-state index in [1.807, 2.05) is 6.92 Å². The molecule has 2 atom stereocenters. The first-order valence-corrected chi connectivity index (χ1v) is 7.74. The van der Waals surface area contributed by atoms with Gasteiger partial charge >= 0.3 is 5.97 Å². The zero-order chi connectivity index (χ0) is 14.1. The molecule has 1 saturated heterocycles. The molecule has 1 aliphatic rings. The third kappa shape index (κ3) is 6.39. The van der Waals surface area contributed by atoms with E-state index >= 15 is 0 Å². The van der Waals surface area contributed by atoms with Gasteiger partial charge in [-0.05, 0) is 51.6 Å². The molecule has 0 aromatic rings. The van der Waals surface area contributed by atoms with Gasteiger partial charge in [-0.15, -0.1) is 0 Å². The lowest BCUT2D eigenvalue weighted by atomic mass is 9.96. The summed E-state index contributed by atoms with van der Waals surface area (Å²) < 4.78 is 5.26. The van der Waals surface area contributed by atoms with Gasteiger partial charge in [0.2, 0.25) is 0 Å². The molecule has 1 rings (SSSR count). The highest BCUT2D eigenvalue weighted by Crippen LogP contribution is 2.22. The summed E-state index contributed by atoms with van der Waals surface area (Å²) in [6.07, 6.45) is 6.41. The summed E-state index contributed by atoms with van der Waals surface area (Å²) in [6.45, 7) is 7.63. The third-order valence-corrected chi connectivity index (χ3v) is 3.99. The van der Waals surface area contributed by atoms with Crippen molar-refractivity contribution in [2.24, 2.45) is 5.92 Å². The molecule has 1 heterocycles. The Hall–Kier alpha value is -0.610. The quantitative estimate of drug-likeness (QED) is 0.737. The number of aliphatic carboxylic acids is 1. The van der Waals surface area contributed by atoms with Crippen LogP contribution in [0.15, 0.2) is 0 Å². The van der Waals surface area contributed by atoms with Gasteiger partial charge in [0, 0.05) is 13.2 Å². The van der Waals surface area contributed by atoms with E-state index in [1.54, 1.807) is 0 Å². The maximum atomic E-state index is 11.0. The van der Waals surface area contributed by atoms with Crippen molar-refractivity contribution in [1.29, 1.82) is 0 Å². The molecule has 19 heavy (non-hydrogen) atoms. The maximum absolute atomic E-state index is 11.0. The van der Waals surface area contributed by atoms with Crippen molar-refractivity contribution in [2.75, 3.05) is 26.2 Å². The van der Waals surface area contributed by atoms with Gasteiger partial charge < -0.3 is 14.7 Å². The Morgan fingerprint density at radius 1 is 1.37 bits per heavy atom. The predicted octanol–water partition coefficient (Wildman–Crippen LogP) is 2.77. The number of carboxylic acid groups (broad SMARTS) is 1. The normalized spacial score (nSPS) is 22.9. The van der Waals surface area contributed by atoms with Gasteiger partial charge in [0.05, 0.1) is 0 Å². The molecule has 0 radical (unpaired) electrons. The van der Waals surface area contributed by atoms with E-state index in [2.05, 4.69) is 11.8 Å². The molecule has 1 aliphatic heterocycles. The van der Waals surface area contributed by atoms with E-state index in [0.29, 0.717) is 13.0 Å². The Balaban J connectivity index is 2.30. The summed E-state index contributed by atoms with van der Waals surface area (Å²) >= 11 is 0. The predicted molar refractivity (Wildman–Crippen MR) is 76.4 cm³/mol. The maximum Gasteiger partial charge on any atom is 0.332 e. The van der Waals surface area contributed by atoms with Crippen molar-refractivity contribution in [3.63, 3.8) is 0 Å². The van der Waals surface area contributed by atoms with Gasteiger partial charge in [-0.3, -0.25) is 0 Å². The van der Waals surface area contributed by atoms with Crippen LogP contribution in [0.1, 0.15) is 52.4 Å². The Bertz CT molecular complexity index is 258. The van der Waals surface area contributed by atoms with Crippen LogP contribution in [0.25, 0.3) is 0 Å². The number of nitrogens with zero attached hydrogens (tertiary/aromatic N) is 1. The van der Waals surface area contributed by atoms with Crippen LogP contribution < -0.4 is 0 Å². The Kier molecular flexibility index (Phi) is 8.07. The van der Waals surface area contributed by atoms with Crippen LogP contribution in [0.5, 0.6) is 0 Å². The van der Waals surface area contributed by atoms with Crippen molar-refractivity contribution in [3.8, 4) is 0 Å². The topological polar surface area (TPSA) is 49.8 Å². The Morgan fingerprint density at radius 2 is 2.16 bits per heavy atom. The van der Waals surface area contributed by atoms with Crippen molar-refractivity contribution >= 4 is 5.97 Å². The molecule has 4 nitrogen and oxygen atoms in total. The van der Waals surface area contributed by atoms with Crippen molar-refractivity contribution < 1.29 is 14.6 Å². The molecule has 0 aromatic heterocycles. The molecule has 0 amide bonds. The minimum Gasteiger partial charge on any atom is -0.479 e. The molecule has 0 spiro atoms. The first-order valence-electron chi connectivity index (χ1n) is 7.74. The first kappa shape index (κ1) is 16.4. The summed E-state index contributed by atoms with van der Waals surface area (Å²) in [5, 5.41) is 9.06. The standard InChI is InChI=1S/C15H29NO3/c1-3-6-13-7-5-10-16(11-8-13)12-9-14(15(17)18)19-4-2/h13-14H,3-12H2,1-2H3,(H,17,18). The number of carbonyl (C=O) groups is 1. The van der Waals surface area contributed by atoms with Gasteiger partial charge in [0.15, 0.2) is 6.10 Å². The second kappa shape index (κ2) is 9.32. The molecule has 4 heteroatoms. The van der Waals surface area contributed by atoms with E-state index in [9.17, 15) is 4.79 Å². The van der Waals surface area contributed by atoms with Crippen LogP contribution in [0, 0.1) is 5.92 Å². The van der Waals surface area contributed by atoms with Crippen molar-refractivity contribution in [2.45, 2.75) is 58.5 Å². The molecule has 1 N–H and O–H groups in total. The highest BCUT2D eigenvalue weighted by Gasteiger charge is 2.21. The van der Waals surface area contributed by atoms with E-state index < -0.39 is 12.1 Å². The molecule has 0 bridgehead atoms. The second-order valence-corrected chi connectivity index (χ2v) is 5.50. The van der Waals surface area contributed by atoms with Gasteiger partial charge in [-0.25, -0.2) is 4.79 Å². The number of hydrogen-bond donors (Lipinski definition) is 1. The van der Waals surface area contributed by atoms with Crippen LogP contribution in [-0.4, -0.2) is 48.3 Å². The molecule has 0 aliphatic carbocycles. The van der Waals surface area contributed by atoms with Crippen LogP contribution in [0.4, 0.5) is 0 Å². The van der Waals surface area contributed by atoms with Crippen LogP contribution in [0.3, 0.4) is 0 Å². The minimum absolute atomic E-state index is 0.468. The zero-order valence-corrected chi connectivity index (χ0v) is 12.4. The fraction of sp³-hybridized carbons (Fsp3) is 0.933. The summed E-state index contributed by atoms with van der Waals surface area (Å²) in [4.78, 5) is 13.4. The first-order chi connectivity index (χ1) is 9.17. The fourth-order valence-electron chi connectivity index (χ4n) is 2.92. The monoisotopic (exact) mass is 271 g/mol. The number of rotatable bonds is 8. The molecule has 0 saturated carbocycles. The lowest BCUT2D eigenvalue weighted by molar-refractivity contribution is -0.150. The molecule has 0 aromatic carbocycles. The minimum atomic E-state index is -0.833. The SMILES string of the molecule is CCCC1CCCN(CCC(OCC)C(=O)O)CC1. The summed E-state index contributed by atoms with van der Waals surface area (Å²) in [6, 6.07) is 0. The van der Waals surface area contributed by atoms with Gasteiger partial charge in [-0.2, -0.15) is 0 Å². The van der Waals surface area contributed by atoms with Crippen molar-refractivity contribution in [1.82, 2.24) is 4.90 Å². The summed E-state index contributed by atoms with van der Waals surface area (Å²) in [7, 11) is 0. The smallest absolute Gasteiger partial charge is 0.332 e. The van der Waals surface area contributed by atoms with Crippen molar-refractivity contribution in [3.05, 3.63) is 0 Å². The highest BCUT2D eigenvalue weighted by molar-refractivity contribution is 5.72. The number of likely N-dealkylation sites (tertiary alicyclic amines) is 1. The number of ether oxygens (including phenoxy) is 1. The van der Waals surface area contributed by atoms with E-state index in [1.165, 1.54) is 32.1 Å². The third-order valence-electron chi connectivity index (χ3n) is 3.99. The van der Waals surface area contributed by atoms with Gasteiger partial charge in [0.25, 0.3) is 0 Å². The van der Waals surface area contributed by atoms with Gasteiger partial charge in [0.1, 0.15) is 0 Å². The Morgan fingerprint density at radius 3 is 2.79 bits per heavy atom. The number of hydrogen-bond acceptors (Lipinski definition) is 3.